The van der Waals surface area contributed by atoms with Gasteiger partial charge in [0.05, 0.1) is 23.8 Å². The standard InChI is InChI=1S/C19H21N3O/c1-14(2)22(12-15-6-4-3-5-7-15)19(23)11-16-8-9-17-18(10-16)21-13-20-17/h3-10,13-14H,11-12H2,1-2H3,(H,20,21). The van der Waals surface area contributed by atoms with Crippen LogP contribution in [-0.2, 0) is 17.8 Å². The number of nitrogens with zero attached hydrogens (tertiary/aromatic N) is 2. The Morgan fingerprint density at radius 1 is 1.13 bits per heavy atom. The van der Waals surface area contributed by atoms with Gasteiger partial charge in [0.25, 0.3) is 0 Å². The second-order valence-corrected chi connectivity index (χ2v) is 6.03. The predicted octanol–water partition coefficient (Wildman–Crippen LogP) is 3.54. The van der Waals surface area contributed by atoms with Gasteiger partial charge >= 0.3 is 0 Å². The van der Waals surface area contributed by atoms with Crippen LogP contribution in [0.3, 0.4) is 0 Å². The smallest absolute Gasteiger partial charge is 0.227 e. The third-order valence-electron chi connectivity index (χ3n) is 3.98. The lowest BCUT2D eigenvalue weighted by Gasteiger charge is -2.27. The van der Waals surface area contributed by atoms with Gasteiger partial charge in [0, 0.05) is 12.6 Å². The van der Waals surface area contributed by atoms with Gasteiger partial charge in [-0.05, 0) is 37.1 Å². The molecule has 118 valence electrons. The Morgan fingerprint density at radius 2 is 1.91 bits per heavy atom. The van der Waals surface area contributed by atoms with Crippen LogP contribution >= 0.6 is 0 Å². The van der Waals surface area contributed by atoms with Crippen molar-refractivity contribution in [2.45, 2.75) is 32.9 Å². The number of imidazole rings is 1. The number of rotatable bonds is 5. The first-order chi connectivity index (χ1) is 11.1. The van der Waals surface area contributed by atoms with E-state index in [4.69, 9.17) is 0 Å². The van der Waals surface area contributed by atoms with E-state index in [9.17, 15) is 4.79 Å². The first kappa shape index (κ1) is 15.3. The quantitative estimate of drug-likeness (QED) is 0.783. The number of carbonyl (C=O) groups is 1. The first-order valence-corrected chi connectivity index (χ1v) is 7.89. The zero-order valence-electron chi connectivity index (χ0n) is 13.5. The fourth-order valence-electron chi connectivity index (χ4n) is 2.71. The number of aromatic nitrogens is 2. The van der Waals surface area contributed by atoms with Crippen LogP contribution in [0.2, 0.25) is 0 Å². The summed E-state index contributed by atoms with van der Waals surface area (Å²) in [6, 6.07) is 16.2. The summed E-state index contributed by atoms with van der Waals surface area (Å²) < 4.78 is 0. The minimum Gasteiger partial charge on any atom is -0.345 e. The molecule has 0 fully saturated rings. The fourth-order valence-corrected chi connectivity index (χ4v) is 2.71. The molecule has 0 aliphatic carbocycles. The van der Waals surface area contributed by atoms with Crippen molar-refractivity contribution in [1.82, 2.24) is 14.9 Å². The molecule has 4 nitrogen and oxygen atoms in total. The van der Waals surface area contributed by atoms with Crippen LogP contribution < -0.4 is 0 Å². The van der Waals surface area contributed by atoms with Gasteiger partial charge in [-0.3, -0.25) is 4.79 Å². The summed E-state index contributed by atoms with van der Waals surface area (Å²) in [7, 11) is 0. The van der Waals surface area contributed by atoms with Crippen LogP contribution in [0.25, 0.3) is 11.0 Å². The molecule has 3 rings (SSSR count). The molecule has 1 aromatic heterocycles. The Labute approximate surface area is 136 Å². The van der Waals surface area contributed by atoms with Crippen LogP contribution in [-0.4, -0.2) is 26.8 Å². The maximum absolute atomic E-state index is 12.7. The number of carbonyl (C=O) groups excluding carboxylic acids is 1. The number of hydrogen-bond donors (Lipinski definition) is 1. The molecule has 2 aromatic carbocycles. The minimum atomic E-state index is 0.141. The zero-order valence-corrected chi connectivity index (χ0v) is 13.5. The average molecular weight is 307 g/mol. The van der Waals surface area contributed by atoms with Crippen molar-refractivity contribution < 1.29 is 4.79 Å². The number of benzene rings is 2. The van der Waals surface area contributed by atoms with Gasteiger partial charge in [0.15, 0.2) is 0 Å². The Kier molecular flexibility index (Phi) is 4.42. The number of nitrogens with one attached hydrogen (secondary N) is 1. The average Bonchev–Trinajstić information content (AvgIpc) is 3.01. The molecule has 3 aromatic rings. The molecule has 0 spiro atoms. The van der Waals surface area contributed by atoms with E-state index < -0.39 is 0 Å². The molecule has 23 heavy (non-hydrogen) atoms. The lowest BCUT2D eigenvalue weighted by molar-refractivity contribution is -0.132. The molecule has 0 bridgehead atoms. The van der Waals surface area contributed by atoms with Crippen molar-refractivity contribution in [3.63, 3.8) is 0 Å². The van der Waals surface area contributed by atoms with Crippen LogP contribution in [0.15, 0.2) is 54.9 Å². The summed E-state index contributed by atoms with van der Waals surface area (Å²) in [6.45, 7) is 4.75. The second kappa shape index (κ2) is 6.65. The van der Waals surface area contributed by atoms with E-state index in [0.717, 1.165) is 22.2 Å². The fraction of sp³-hybridized carbons (Fsp3) is 0.263. The SMILES string of the molecule is CC(C)N(Cc1ccccc1)C(=O)Cc1ccc2nc[nH]c2c1. The van der Waals surface area contributed by atoms with Gasteiger partial charge < -0.3 is 9.88 Å². The molecule has 0 aliphatic heterocycles. The van der Waals surface area contributed by atoms with Crippen LogP contribution in [0.4, 0.5) is 0 Å². The van der Waals surface area contributed by atoms with Gasteiger partial charge in [0.1, 0.15) is 0 Å². The Balaban J connectivity index is 1.75. The molecule has 4 heteroatoms. The molecule has 0 saturated carbocycles. The van der Waals surface area contributed by atoms with Crippen molar-refractivity contribution in [3.8, 4) is 0 Å². The largest absolute Gasteiger partial charge is 0.345 e. The van der Waals surface area contributed by atoms with Crippen molar-refractivity contribution in [3.05, 3.63) is 66.0 Å². The topological polar surface area (TPSA) is 49.0 Å². The molecule has 0 radical (unpaired) electrons. The molecule has 0 atom stereocenters. The first-order valence-electron chi connectivity index (χ1n) is 7.89. The van der Waals surface area contributed by atoms with E-state index in [0.29, 0.717) is 13.0 Å². The van der Waals surface area contributed by atoms with Crippen LogP contribution in [0, 0.1) is 0 Å². The Hall–Kier alpha value is -2.62. The minimum absolute atomic E-state index is 0.141. The molecule has 0 aliphatic rings. The summed E-state index contributed by atoms with van der Waals surface area (Å²) in [5.41, 5.74) is 4.05. The molecule has 1 amide bonds. The van der Waals surface area contributed by atoms with Gasteiger partial charge in [0.2, 0.25) is 5.91 Å². The van der Waals surface area contributed by atoms with Crippen molar-refractivity contribution in [2.75, 3.05) is 0 Å². The summed E-state index contributed by atoms with van der Waals surface area (Å²) in [4.78, 5) is 22.0. The predicted molar refractivity (Wildman–Crippen MR) is 91.9 cm³/mol. The van der Waals surface area contributed by atoms with E-state index in [1.807, 2.05) is 41.3 Å². The number of H-pyrrole nitrogens is 1. The number of aromatic amines is 1. The van der Waals surface area contributed by atoms with Gasteiger partial charge in [-0.25, -0.2) is 4.98 Å². The molecular formula is C19H21N3O. The van der Waals surface area contributed by atoms with E-state index in [2.05, 4.69) is 35.9 Å². The highest BCUT2D eigenvalue weighted by Gasteiger charge is 2.17. The number of hydrogen-bond acceptors (Lipinski definition) is 2. The second-order valence-electron chi connectivity index (χ2n) is 6.03. The summed E-state index contributed by atoms with van der Waals surface area (Å²) >= 11 is 0. The number of fused-ring (bicyclic) bond motifs is 1. The van der Waals surface area contributed by atoms with Crippen molar-refractivity contribution >= 4 is 16.9 Å². The van der Waals surface area contributed by atoms with Crippen molar-refractivity contribution in [1.29, 1.82) is 0 Å². The lowest BCUT2D eigenvalue weighted by atomic mass is 10.1. The molecular weight excluding hydrogens is 286 g/mol. The summed E-state index contributed by atoms with van der Waals surface area (Å²) in [5, 5.41) is 0. The van der Waals surface area contributed by atoms with Gasteiger partial charge in [-0.1, -0.05) is 36.4 Å². The van der Waals surface area contributed by atoms with E-state index in [1.165, 1.54) is 0 Å². The van der Waals surface area contributed by atoms with E-state index in [-0.39, 0.29) is 11.9 Å². The normalized spacial score (nSPS) is 11.1. The Morgan fingerprint density at radius 3 is 2.65 bits per heavy atom. The number of amides is 1. The maximum Gasteiger partial charge on any atom is 0.227 e. The zero-order chi connectivity index (χ0) is 16.2. The third kappa shape index (κ3) is 3.59. The highest BCUT2D eigenvalue weighted by Crippen LogP contribution is 2.15. The Bertz CT molecular complexity index is 792. The molecule has 0 saturated heterocycles. The lowest BCUT2D eigenvalue weighted by Crippen LogP contribution is -2.37. The third-order valence-corrected chi connectivity index (χ3v) is 3.98. The molecule has 0 unspecified atom stereocenters. The highest BCUT2D eigenvalue weighted by molar-refractivity contribution is 5.81. The monoisotopic (exact) mass is 307 g/mol. The highest BCUT2D eigenvalue weighted by atomic mass is 16.2. The summed E-state index contributed by atoms with van der Waals surface area (Å²) in [5.74, 6) is 0.141. The van der Waals surface area contributed by atoms with Crippen LogP contribution in [0.5, 0.6) is 0 Å². The van der Waals surface area contributed by atoms with Crippen molar-refractivity contribution in [2.24, 2.45) is 0 Å². The molecule has 1 N–H and O–H groups in total. The van der Waals surface area contributed by atoms with E-state index in [1.54, 1.807) is 6.33 Å². The van der Waals surface area contributed by atoms with Crippen LogP contribution in [0.1, 0.15) is 25.0 Å². The molecule has 1 heterocycles. The van der Waals surface area contributed by atoms with Gasteiger partial charge in [-0.15, -0.1) is 0 Å². The maximum atomic E-state index is 12.7. The summed E-state index contributed by atoms with van der Waals surface area (Å²) in [6.07, 6.45) is 2.08. The van der Waals surface area contributed by atoms with Gasteiger partial charge in [-0.2, -0.15) is 0 Å². The van der Waals surface area contributed by atoms with E-state index >= 15 is 0 Å².